The highest BCUT2D eigenvalue weighted by Crippen LogP contribution is 2.19. The van der Waals surface area contributed by atoms with Gasteiger partial charge in [-0.2, -0.15) is 5.10 Å². The van der Waals surface area contributed by atoms with E-state index in [9.17, 15) is 0 Å². The summed E-state index contributed by atoms with van der Waals surface area (Å²) >= 11 is 5.99. The quantitative estimate of drug-likeness (QED) is 0.886. The van der Waals surface area contributed by atoms with Crippen LogP contribution in [-0.2, 0) is 6.54 Å². The highest BCUT2D eigenvalue weighted by molar-refractivity contribution is 6.30. The third-order valence-electron chi connectivity index (χ3n) is 2.38. The zero-order valence-electron chi connectivity index (χ0n) is 9.37. The Morgan fingerprint density at radius 3 is 2.81 bits per heavy atom. The molecule has 0 bridgehead atoms. The lowest BCUT2D eigenvalue weighted by atomic mass is 10.2. The lowest BCUT2D eigenvalue weighted by Gasteiger charge is -2.09. The molecule has 84 valence electrons. The molecule has 2 rings (SSSR count). The van der Waals surface area contributed by atoms with E-state index in [0.717, 1.165) is 28.5 Å². The molecular weight excluding hydrogens is 222 g/mol. The molecule has 0 aliphatic carbocycles. The molecule has 16 heavy (non-hydrogen) atoms. The first-order valence-corrected chi connectivity index (χ1v) is 5.54. The number of rotatable bonds is 3. The van der Waals surface area contributed by atoms with Gasteiger partial charge < -0.3 is 5.32 Å². The van der Waals surface area contributed by atoms with Crippen molar-refractivity contribution in [1.29, 1.82) is 0 Å². The molecule has 0 spiro atoms. The fraction of sp³-hybridized carbons (Fsp3) is 0.250. The Labute approximate surface area is 100 Å². The fourth-order valence-corrected chi connectivity index (χ4v) is 1.85. The van der Waals surface area contributed by atoms with Crippen LogP contribution in [0, 0.1) is 6.92 Å². The number of aryl methyl sites for hydroxylation is 1. The summed E-state index contributed by atoms with van der Waals surface area (Å²) in [6, 6.07) is 7.82. The second-order valence-corrected chi connectivity index (χ2v) is 4.14. The van der Waals surface area contributed by atoms with Crippen LogP contribution in [0.3, 0.4) is 0 Å². The molecule has 2 aromatic rings. The summed E-state index contributed by atoms with van der Waals surface area (Å²) in [6.07, 6.45) is 1.96. The van der Waals surface area contributed by atoms with Crippen LogP contribution in [0.1, 0.15) is 11.3 Å². The van der Waals surface area contributed by atoms with Crippen molar-refractivity contribution in [2.75, 3.05) is 7.05 Å². The lowest BCUT2D eigenvalue weighted by molar-refractivity contribution is 0.785. The minimum absolute atomic E-state index is 0.748. The van der Waals surface area contributed by atoms with Gasteiger partial charge in [0, 0.05) is 17.8 Å². The molecule has 0 aliphatic rings. The molecule has 0 unspecified atom stereocenters. The molecule has 0 aliphatic heterocycles. The summed E-state index contributed by atoms with van der Waals surface area (Å²) in [5.41, 5.74) is 3.20. The van der Waals surface area contributed by atoms with E-state index < -0.39 is 0 Å². The molecule has 1 N–H and O–H groups in total. The van der Waals surface area contributed by atoms with Gasteiger partial charge >= 0.3 is 0 Å². The average molecular weight is 236 g/mol. The van der Waals surface area contributed by atoms with Crippen molar-refractivity contribution in [2.24, 2.45) is 0 Å². The maximum absolute atomic E-state index is 5.99. The highest BCUT2D eigenvalue weighted by Gasteiger charge is 2.05. The summed E-state index contributed by atoms with van der Waals surface area (Å²) < 4.78 is 1.87. The van der Waals surface area contributed by atoms with Crippen LogP contribution in [0.2, 0.25) is 5.02 Å². The van der Waals surface area contributed by atoms with E-state index in [1.807, 2.05) is 49.1 Å². The summed E-state index contributed by atoms with van der Waals surface area (Å²) in [4.78, 5) is 0. The van der Waals surface area contributed by atoms with Crippen molar-refractivity contribution >= 4 is 11.6 Å². The molecule has 0 atom stereocenters. The Morgan fingerprint density at radius 2 is 2.19 bits per heavy atom. The molecule has 0 radical (unpaired) electrons. The van der Waals surface area contributed by atoms with Gasteiger partial charge in [-0.15, -0.1) is 0 Å². The lowest BCUT2D eigenvalue weighted by Crippen LogP contribution is -2.09. The average Bonchev–Trinajstić information content (AvgIpc) is 2.65. The number of nitrogens with one attached hydrogen (secondary N) is 1. The summed E-state index contributed by atoms with van der Waals surface area (Å²) in [7, 11) is 1.92. The Bertz CT molecular complexity index is 491. The smallest absolute Gasteiger partial charge is 0.0691 e. The third-order valence-corrected chi connectivity index (χ3v) is 2.61. The molecule has 0 saturated carbocycles. The van der Waals surface area contributed by atoms with Gasteiger partial charge in [0.2, 0.25) is 0 Å². The Balaban J connectivity index is 2.47. The fourth-order valence-electron chi connectivity index (χ4n) is 1.66. The van der Waals surface area contributed by atoms with E-state index in [1.165, 1.54) is 0 Å². The van der Waals surface area contributed by atoms with Crippen molar-refractivity contribution in [3.05, 3.63) is 46.7 Å². The van der Waals surface area contributed by atoms with Crippen LogP contribution in [0.25, 0.3) is 5.69 Å². The van der Waals surface area contributed by atoms with Gasteiger partial charge in [0.05, 0.1) is 11.4 Å². The molecular formula is C12H14ClN3. The van der Waals surface area contributed by atoms with Crippen LogP contribution in [-0.4, -0.2) is 16.8 Å². The van der Waals surface area contributed by atoms with E-state index >= 15 is 0 Å². The second kappa shape index (κ2) is 4.68. The van der Waals surface area contributed by atoms with E-state index in [0.29, 0.717) is 0 Å². The van der Waals surface area contributed by atoms with E-state index in [-0.39, 0.29) is 0 Å². The van der Waals surface area contributed by atoms with Crippen LogP contribution >= 0.6 is 11.6 Å². The molecule has 1 heterocycles. The van der Waals surface area contributed by atoms with Crippen molar-refractivity contribution in [3.63, 3.8) is 0 Å². The van der Waals surface area contributed by atoms with Crippen molar-refractivity contribution < 1.29 is 0 Å². The first kappa shape index (κ1) is 11.2. The molecule has 0 amide bonds. The number of halogens is 1. The first-order chi connectivity index (χ1) is 7.70. The number of aromatic nitrogens is 2. The normalized spacial score (nSPS) is 10.7. The molecule has 0 saturated heterocycles. The van der Waals surface area contributed by atoms with Crippen LogP contribution in [0.5, 0.6) is 0 Å². The Kier molecular flexibility index (Phi) is 3.27. The number of benzene rings is 1. The second-order valence-electron chi connectivity index (χ2n) is 3.71. The van der Waals surface area contributed by atoms with Gasteiger partial charge in [0.1, 0.15) is 0 Å². The van der Waals surface area contributed by atoms with Gasteiger partial charge in [-0.3, -0.25) is 0 Å². The zero-order chi connectivity index (χ0) is 11.5. The number of nitrogens with zero attached hydrogens (tertiary/aromatic N) is 2. The predicted molar refractivity (Wildman–Crippen MR) is 66.1 cm³/mol. The van der Waals surface area contributed by atoms with Crippen molar-refractivity contribution in [3.8, 4) is 5.69 Å². The molecule has 1 aromatic heterocycles. The van der Waals surface area contributed by atoms with Crippen LogP contribution in [0.4, 0.5) is 0 Å². The standard InChI is InChI=1S/C12H14ClN3/c1-9-5-6-16(15-9)12-4-3-11(13)7-10(12)8-14-2/h3-7,14H,8H2,1-2H3. The topological polar surface area (TPSA) is 29.9 Å². The maximum atomic E-state index is 5.99. The van der Waals surface area contributed by atoms with E-state index in [1.54, 1.807) is 0 Å². The van der Waals surface area contributed by atoms with Crippen molar-refractivity contribution in [2.45, 2.75) is 13.5 Å². The summed E-state index contributed by atoms with van der Waals surface area (Å²) in [5.74, 6) is 0. The maximum Gasteiger partial charge on any atom is 0.0691 e. The van der Waals surface area contributed by atoms with E-state index in [4.69, 9.17) is 11.6 Å². The van der Waals surface area contributed by atoms with Crippen LogP contribution in [0.15, 0.2) is 30.5 Å². The predicted octanol–water partition coefficient (Wildman–Crippen LogP) is 2.55. The third kappa shape index (κ3) is 2.26. The number of hydrogen-bond acceptors (Lipinski definition) is 2. The molecule has 4 heteroatoms. The summed E-state index contributed by atoms with van der Waals surface area (Å²) in [6.45, 7) is 2.75. The van der Waals surface area contributed by atoms with Gasteiger partial charge in [0.25, 0.3) is 0 Å². The highest BCUT2D eigenvalue weighted by atomic mass is 35.5. The molecule has 0 fully saturated rings. The van der Waals surface area contributed by atoms with Gasteiger partial charge in [0.15, 0.2) is 0 Å². The Hall–Kier alpha value is -1.32. The largest absolute Gasteiger partial charge is 0.316 e. The number of hydrogen-bond donors (Lipinski definition) is 1. The van der Waals surface area contributed by atoms with E-state index in [2.05, 4.69) is 10.4 Å². The van der Waals surface area contributed by atoms with Crippen molar-refractivity contribution in [1.82, 2.24) is 15.1 Å². The Morgan fingerprint density at radius 1 is 1.38 bits per heavy atom. The minimum atomic E-state index is 0.748. The van der Waals surface area contributed by atoms with Gasteiger partial charge in [-0.05, 0) is 43.8 Å². The minimum Gasteiger partial charge on any atom is -0.316 e. The van der Waals surface area contributed by atoms with Gasteiger partial charge in [-0.25, -0.2) is 4.68 Å². The zero-order valence-corrected chi connectivity index (χ0v) is 10.1. The summed E-state index contributed by atoms with van der Waals surface area (Å²) in [5, 5.41) is 8.28. The SMILES string of the molecule is CNCc1cc(Cl)ccc1-n1ccc(C)n1. The first-order valence-electron chi connectivity index (χ1n) is 5.16. The monoisotopic (exact) mass is 235 g/mol. The molecule has 1 aromatic carbocycles. The molecule has 3 nitrogen and oxygen atoms in total. The van der Waals surface area contributed by atoms with Gasteiger partial charge in [-0.1, -0.05) is 11.6 Å². The van der Waals surface area contributed by atoms with Crippen LogP contribution < -0.4 is 5.32 Å².